The van der Waals surface area contributed by atoms with Crippen molar-refractivity contribution < 1.29 is 4.55 Å². The zero-order chi connectivity index (χ0) is 14.0. The molecule has 0 radical (unpaired) electrons. The van der Waals surface area contributed by atoms with Crippen LogP contribution in [0.4, 0.5) is 0 Å². The molecular formula is C14H25N3OS. The molecule has 2 aliphatic heterocycles. The van der Waals surface area contributed by atoms with Crippen molar-refractivity contribution in [2.45, 2.75) is 58.5 Å². The molecule has 0 spiro atoms. The van der Waals surface area contributed by atoms with Gasteiger partial charge in [0.15, 0.2) is 0 Å². The molecule has 2 saturated heterocycles. The first-order chi connectivity index (χ1) is 9.10. The van der Waals surface area contributed by atoms with Gasteiger partial charge in [-0.25, -0.2) is 0 Å². The van der Waals surface area contributed by atoms with E-state index < -0.39 is 11.5 Å². The minimum absolute atomic E-state index is 0.0767. The number of nitrogens with zero attached hydrogens (tertiary/aromatic N) is 3. The van der Waals surface area contributed by atoms with Crippen molar-refractivity contribution in [1.82, 2.24) is 8.61 Å². The number of hydrogen-bond acceptors (Lipinski definition) is 4. The van der Waals surface area contributed by atoms with Gasteiger partial charge in [-0.05, 0) is 31.6 Å². The van der Waals surface area contributed by atoms with E-state index in [-0.39, 0.29) is 5.92 Å². The van der Waals surface area contributed by atoms with Crippen LogP contribution in [0.2, 0.25) is 0 Å². The molecule has 2 aliphatic rings. The zero-order valence-corrected chi connectivity index (χ0v) is 13.0. The Morgan fingerprint density at radius 2 is 1.74 bits per heavy atom. The van der Waals surface area contributed by atoms with Crippen molar-refractivity contribution in [3.8, 4) is 6.07 Å². The van der Waals surface area contributed by atoms with Crippen LogP contribution >= 0.6 is 0 Å². The van der Waals surface area contributed by atoms with Gasteiger partial charge >= 0.3 is 0 Å². The minimum atomic E-state index is -1.05. The van der Waals surface area contributed by atoms with Gasteiger partial charge in [0.2, 0.25) is 0 Å². The smallest absolute Gasteiger partial charge is 0.141 e. The van der Waals surface area contributed by atoms with Crippen molar-refractivity contribution in [1.29, 1.82) is 5.26 Å². The maximum absolute atomic E-state index is 12.7. The highest BCUT2D eigenvalue weighted by Crippen LogP contribution is 2.35. The third kappa shape index (κ3) is 3.08. The molecule has 0 aromatic heterocycles. The Balaban J connectivity index is 2.04. The van der Waals surface area contributed by atoms with Gasteiger partial charge < -0.3 is 4.55 Å². The number of nitriles is 1. The van der Waals surface area contributed by atoms with Gasteiger partial charge in [-0.2, -0.15) is 5.26 Å². The predicted molar refractivity (Wildman–Crippen MR) is 77.2 cm³/mol. The highest BCUT2D eigenvalue weighted by Gasteiger charge is 2.46. The highest BCUT2D eigenvalue weighted by molar-refractivity contribution is 7.86. The van der Waals surface area contributed by atoms with Crippen molar-refractivity contribution in [2.75, 3.05) is 13.1 Å². The lowest BCUT2D eigenvalue weighted by atomic mass is 9.87. The summed E-state index contributed by atoms with van der Waals surface area (Å²) in [5.74, 6) is 0.805. The fourth-order valence-corrected chi connectivity index (χ4v) is 5.12. The molecule has 4 nitrogen and oxygen atoms in total. The average Bonchev–Trinajstić information content (AvgIpc) is 2.35. The summed E-state index contributed by atoms with van der Waals surface area (Å²) in [6, 6.07) is 3.11. The minimum Gasteiger partial charge on any atom is -0.578 e. The van der Waals surface area contributed by atoms with Crippen LogP contribution in [0, 0.1) is 23.2 Å². The van der Waals surface area contributed by atoms with Crippen LogP contribution in [0.5, 0.6) is 0 Å². The molecule has 0 saturated carbocycles. The Morgan fingerprint density at radius 1 is 1.21 bits per heavy atom. The standard InChI is InChI=1S/C14H25N3OS/c1-4-13-6-11(3)7-14(5-2)17(13)19(18)16-9-12(8-15)10-16/h11-14H,4-7,9-10H2,1-3H3. The second kappa shape index (κ2) is 6.45. The number of piperidine rings is 1. The molecule has 2 heterocycles. The summed E-state index contributed by atoms with van der Waals surface area (Å²) in [6.45, 7) is 8.02. The van der Waals surface area contributed by atoms with Gasteiger partial charge in [-0.3, -0.25) is 0 Å². The summed E-state index contributed by atoms with van der Waals surface area (Å²) in [4.78, 5) is 0. The number of hydrogen-bond donors (Lipinski definition) is 0. The quantitative estimate of drug-likeness (QED) is 0.743. The lowest BCUT2D eigenvalue weighted by Crippen LogP contribution is -2.60. The fraction of sp³-hybridized carbons (Fsp3) is 0.929. The maximum Gasteiger partial charge on any atom is 0.141 e. The van der Waals surface area contributed by atoms with Crippen LogP contribution in [0.1, 0.15) is 46.5 Å². The predicted octanol–water partition coefficient (Wildman–Crippen LogP) is 2.31. The topological polar surface area (TPSA) is 53.3 Å². The lowest BCUT2D eigenvalue weighted by Gasteiger charge is -2.46. The molecule has 0 aromatic carbocycles. The Bertz CT molecular complexity index is 326. The molecule has 19 heavy (non-hydrogen) atoms. The third-order valence-electron chi connectivity index (χ3n) is 4.44. The fourth-order valence-electron chi connectivity index (χ4n) is 3.26. The van der Waals surface area contributed by atoms with Crippen LogP contribution in [0.3, 0.4) is 0 Å². The van der Waals surface area contributed by atoms with Gasteiger partial charge in [0.25, 0.3) is 0 Å². The molecule has 2 fully saturated rings. The third-order valence-corrected chi connectivity index (χ3v) is 6.14. The Labute approximate surface area is 120 Å². The molecular weight excluding hydrogens is 258 g/mol. The molecule has 3 unspecified atom stereocenters. The van der Waals surface area contributed by atoms with E-state index >= 15 is 0 Å². The molecule has 0 aromatic rings. The SMILES string of the molecule is CCC1CC(C)CC(CC)N1[S+]([O-])N1CC(C#N)C1. The highest BCUT2D eigenvalue weighted by atomic mass is 32.2. The Kier molecular flexibility index (Phi) is 5.13. The van der Waals surface area contributed by atoms with E-state index in [9.17, 15) is 4.55 Å². The van der Waals surface area contributed by atoms with Crippen LogP contribution in [-0.4, -0.2) is 38.3 Å². The van der Waals surface area contributed by atoms with Gasteiger partial charge in [-0.1, -0.05) is 20.8 Å². The Hall–Kier alpha value is -0.280. The summed E-state index contributed by atoms with van der Waals surface area (Å²) in [5, 5.41) is 8.84. The molecule has 2 rings (SSSR count). The summed E-state index contributed by atoms with van der Waals surface area (Å²) in [5.41, 5.74) is 0. The monoisotopic (exact) mass is 283 g/mol. The van der Waals surface area contributed by atoms with E-state index in [1.165, 1.54) is 0 Å². The van der Waals surface area contributed by atoms with Gasteiger partial charge in [0.1, 0.15) is 11.5 Å². The van der Waals surface area contributed by atoms with E-state index in [2.05, 4.69) is 31.1 Å². The second-order valence-corrected chi connectivity index (χ2v) is 7.36. The summed E-state index contributed by atoms with van der Waals surface area (Å²) in [6.07, 6.45) is 4.41. The van der Waals surface area contributed by atoms with Crippen molar-refractivity contribution in [3.63, 3.8) is 0 Å². The van der Waals surface area contributed by atoms with Crippen molar-refractivity contribution in [3.05, 3.63) is 0 Å². The van der Waals surface area contributed by atoms with E-state index in [1.54, 1.807) is 0 Å². The first-order valence-corrected chi connectivity index (χ1v) is 8.51. The largest absolute Gasteiger partial charge is 0.578 e. The van der Waals surface area contributed by atoms with Gasteiger partial charge in [0.05, 0.1) is 37.2 Å². The van der Waals surface area contributed by atoms with E-state index in [0.717, 1.165) is 31.6 Å². The molecule has 3 atom stereocenters. The molecule has 0 aliphatic carbocycles. The van der Waals surface area contributed by atoms with Crippen molar-refractivity contribution >= 4 is 11.5 Å². The van der Waals surface area contributed by atoms with Crippen LogP contribution in [0.25, 0.3) is 0 Å². The average molecular weight is 283 g/mol. The second-order valence-electron chi connectivity index (χ2n) is 5.96. The Morgan fingerprint density at radius 3 is 2.16 bits per heavy atom. The maximum atomic E-state index is 12.7. The first kappa shape index (κ1) is 15.1. The summed E-state index contributed by atoms with van der Waals surface area (Å²) < 4.78 is 16.9. The van der Waals surface area contributed by atoms with Gasteiger partial charge in [-0.15, -0.1) is 8.61 Å². The molecule has 108 valence electrons. The molecule has 5 heteroatoms. The van der Waals surface area contributed by atoms with E-state index in [4.69, 9.17) is 5.26 Å². The molecule has 0 bridgehead atoms. The van der Waals surface area contributed by atoms with Gasteiger partial charge in [0, 0.05) is 0 Å². The van der Waals surface area contributed by atoms with Crippen LogP contribution in [-0.2, 0) is 11.5 Å². The lowest BCUT2D eigenvalue weighted by molar-refractivity contribution is 0.114. The van der Waals surface area contributed by atoms with E-state index in [0.29, 0.717) is 25.2 Å². The summed E-state index contributed by atoms with van der Waals surface area (Å²) in [7, 11) is 0. The van der Waals surface area contributed by atoms with Crippen LogP contribution in [0.15, 0.2) is 0 Å². The normalized spacial score (nSPS) is 35.6. The number of rotatable bonds is 4. The van der Waals surface area contributed by atoms with Crippen molar-refractivity contribution in [2.24, 2.45) is 11.8 Å². The van der Waals surface area contributed by atoms with Crippen LogP contribution < -0.4 is 0 Å². The molecule has 0 N–H and O–H groups in total. The first-order valence-electron chi connectivity index (χ1n) is 7.45. The summed E-state index contributed by atoms with van der Waals surface area (Å²) >= 11 is -1.05. The molecule has 0 amide bonds. The zero-order valence-electron chi connectivity index (χ0n) is 12.2. The van der Waals surface area contributed by atoms with E-state index in [1.807, 2.05) is 4.31 Å².